The Morgan fingerprint density at radius 2 is 1.86 bits per heavy atom. The van der Waals surface area contributed by atoms with Crippen molar-refractivity contribution >= 4 is 11.8 Å². The third-order valence-electron chi connectivity index (χ3n) is 3.83. The number of hydrogen-bond acceptors (Lipinski definition) is 6. The maximum absolute atomic E-state index is 11.6. The van der Waals surface area contributed by atoms with E-state index in [1.165, 1.54) is 0 Å². The molecule has 0 atom stereocenters. The highest BCUT2D eigenvalue weighted by Crippen LogP contribution is 2.21. The van der Waals surface area contributed by atoms with Gasteiger partial charge in [-0.3, -0.25) is 0 Å². The van der Waals surface area contributed by atoms with E-state index in [2.05, 4.69) is 27.6 Å². The lowest BCUT2D eigenvalue weighted by atomic mass is 10.0. The third-order valence-corrected chi connectivity index (χ3v) is 3.83. The number of carboxylic acid groups (broad SMARTS) is 1. The molecule has 0 aromatic carbocycles. The van der Waals surface area contributed by atoms with Crippen LogP contribution in [0.15, 0.2) is 0 Å². The van der Waals surface area contributed by atoms with Crippen LogP contribution < -0.4 is 5.43 Å². The number of aryl methyl sites for hydroxylation is 1. The number of anilines is 1. The van der Waals surface area contributed by atoms with Crippen LogP contribution in [0, 0.1) is 0 Å². The summed E-state index contributed by atoms with van der Waals surface area (Å²) in [4.78, 5) is 13.9. The fourth-order valence-electron chi connectivity index (χ4n) is 2.55. The largest absolute Gasteiger partial charge is 0.478 e. The minimum Gasteiger partial charge on any atom is -0.478 e. The molecule has 0 amide bonds. The minimum absolute atomic E-state index is 0.253. The first-order chi connectivity index (χ1) is 10.1. The molecule has 1 aromatic heterocycles. The van der Waals surface area contributed by atoms with E-state index in [4.69, 9.17) is 0 Å². The van der Waals surface area contributed by atoms with Gasteiger partial charge >= 0.3 is 5.97 Å². The van der Waals surface area contributed by atoms with Crippen molar-refractivity contribution in [2.24, 2.45) is 0 Å². The van der Waals surface area contributed by atoms with Gasteiger partial charge in [0.05, 0.1) is 5.69 Å². The SMILES string of the molecule is CCc1nnc(NN2CCN(C)CC2)c(C(=O)O)c1CC. The summed E-state index contributed by atoms with van der Waals surface area (Å²) in [5.41, 5.74) is 4.92. The van der Waals surface area contributed by atoms with E-state index in [0.29, 0.717) is 18.7 Å². The number of aromatic nitrogens is 2. The smallest absolute Gasteiger partial charge is 0.339 e. The number of likely N-dealkylation sites (N-methyl/N-ethyl adjacent to an activating group) is 1. The molecule has 0 saturated carbocycles. The molecular weight excluding hydrogens is 270 g/mol. The zero-order valence-electron chi connectivity index (χ0n) is 12.9. The van der Waals surface area contributed by atoms with Gasteiger partial charge in [0.1, 0.15) is 5.56 Å². The molecular formula is C14H23N5O2. The molecule has 7 nitrogen and oxygen atoms in total. The molecule has 1 saturated heterocycles. The van der Waals surface area contributed by atoms with Gasteiger partial charge in [-0.15, -0.1) is 5.10 Å². The Hall–Kier alpha value is -1.73. The molecule has 0 radical (unpaired) electrons. The van der Waals surface area contributed by atoms with E-state index >= 15 is 0 Å². The maximum Gasteiger partial charge on any atom is 0.339 e. The second-order valence-electron chi connectivity index (χ2n) is 5.26. The van der Waals surface area contributed by atoms with Crippen LogP contribution in [0.1, 0.15) is 35.5 Å². The topological polar surface area (TPSA) is 81.6 Å². The summed E-state index contributed by atoms with van der Waals surface area (Å²) >= 11 is 0. The van der Waals surface area contributed by atoms with Gasteiger partial charge in [-0.1, -0.05) is 13.8 Å². The first-order valence-electron chi connectivity index (χ1n) is 7.38. The highest BCUT2D eigenvalue weighted by molar-refractivity contribution is 5.94. The molecule has 116 valence electrons. The van der Waals surface area contributed by atoms with E-state index < -0.39 is 5.97 Å². The number of piperazine rings is 1. The Bertz CT molecular complexity index is 512. The van der Waals surface area contributed by atoms with Gasteiger partial charge in [-0.2, -0.15) is 5.10 Å². The van der Waals surface area contributed by atoms with Crippen LogP contribution in [0.4, 0.5) is 5.82 Å². The van der Waals surface area contributed by atoms with Crippen molar-refractivity contribution in [2.75, 3.05) is 38.7 Å². The molecule has 0 unspecified atom stereocenters. The van der Waals surface area contributed by atoms with Crippen molar-refractivity contribution in [2.45, 2.75) is 26.7 Å². The van der Waals surface area contributed by atoms with Crippen molar-refractivity contribution < 1.29 is 9.90 Å². The van der Waals surface area contributed by atoms with Gasteiger partial charge in [-0.05, 0) is 25.5 Å². The summed E-state index contributed by atoms with van der Waals surface area (Å²) in [7, 11) is 2.07. The molecule has 1 aliphatic rings. The van der Waals surface area contributed by atoms with E-state index in [-0.39, 0.29) is 5.56 Å². The average molecular weight is 293 g/mol. The fraction of sp³-hybridized carbons (Fsp3) is 0.643. The number of hydrazine groups is 1. The second-order valence-corrected chi connectivity index (χ2v) is 5.26. The number of carboxylic acids is 1. The van der Waals surface area contributed by atoms with Gasteiger partial charge in [0.25, 0.3) is 0 Å². The van der Waals surface area contributed by atoms with Crippen LogP contribution in [-0.2, 0) is 12.8 Å². The minimum atomic E-state index is -0.951. The van der Waals surface area contributed by atoms with Crippen LogP contribution in [0.2, 0.25) is 0 Å². The molecule has 0 spiro atoms. The Balaban J connectivity index is 2.28. The van der Waals surface area contributed by atoms with Crippen molar-refractivity contribution in [1.82, 2.24) is 20.1 Å². The van der Waals surface area contributed by atoms with E-state index in [1.807, 2.05) is 18.9 Å². The quantitative estimate of drug-likeness (QED) is 0.833. The molecule has 2 rings (SSSR count). The fourth-order valence-corrected chi connectivity index (χ4v) is 2.55. The second kappa shape index (κ2) is 6.82. The molecule has 21 heavy (non-hydrogen) atoms. The van der Waals surface area contributed by atoms with Crippen molar-refractivity contribution in [3.8, 4) is 0 Å². The maximum atomic E-state index is 11.6. The zero-order valence-corrected chi connectivity index (χ0v) is 12.9. The van der Waals surface area contributed by atoms with Crippen molar-refractivity contribution in [3.63, 3.8) is 0 Å². The number of aromatic carboxylic acids is 1. The molecule has 2 heterocycles. The van der Waals surface area contributed by atoms with Crippen LogP contribution >= 0.6 is 0 Å². The van der Waals surface area contributed by atoms with E-state index in [9.17, 15) is 9.90 Å². The summed E-state index contributed by atoms with van der Waals surface area (Å²) in [5, 5.41) is 19.8. The molecule has 1 fully saturated rings. The van der Waals surface area contributed by atoms with E-state index in [0.717, 1.165) is 37.4 Å². The highest BCUT2D eigenvalue weighted by atomic mass is 16.4. The summed E-state index contributed by atoms with van der Waals surface area (Å²) < 4.78 is 0. The number of nitrogens with one attached hydrogen (secondary N) is 1. The lowest BCUT2D eigenvalue weighted by Gasteiger charge is -2.33. The van der Waals surface area contributed by atoms with Crippen LogP contribution in [0.5, 0.6) is 0 Å². The first kappa shape index (κ1) is 15.7. The number of nitrogens with zero attached hydrogens (tertiary/aromatic N) is 4. The van der Waals surface area contributed by atoms with Gasteiger partial charge < -0.3 is 15.4 Å². The van der Waals surface area contributed by atoms with Crippen LogP contribution in [0.3, 0.4) is 0 Å². The monoisotopic (exact) mass is 293 g/mol. The molecule has 1 aromatic rings. The number of rotatable bonds is 5. The van der Waals surface area contributed by atoms with Gasteiger partial charge in [0.2, 0.25) is 0 Å². The predicted molar refractivity (Wildman–Crippen MR) is 80.4 cm³/mol. The van der Waals surface area contributed by atoms with Crippen molar-refractivity contribution in [1.29, 1.82) is 0 Å². The Morgan fingerprint density at radius 3 is 2.38 bits per heavy atom. The lowest BCUT2D eigenvalue weighted by Crippen LogP contribution is -2.47. The standard InChI is InChI=1S/C14H23N5O2/c1-4-10-11(5-2)15-16-13(12(10)14(20)21)17-19-8-6-18(3)7-9-19/h4-9H2,1-3H3,(H,16,17)(H,20,21). The Morgan fingerprint density at radius 1 is 1.19 bits per heavy atom. The summed E-state index contributed by atoms with van der Waals surface area (Å²) in [6.07, 6.45) is 1.32. The lowest BCUT2D eigenvalue weighted by molar-refractivity contribution is 0.0695. The molecule has 7 heteroatoms. The summed E-state index contributed by atoms with van der Waals surface area (Å²) in [6.45, 7) is 7.44. The number of hydrogen-bond donors (Lipinski definition) is 2. The first-order valence-corrected chi connectivity index (χ1v) is 7.38. The summed E-state index contributed by atoms with van der Waals surface area (Å²) in [6, 6.07) is 0. The average Bonchev–Trinajstić information content (AvgIpc) is 2.48. The third kappa shape index (κ3) is 3.48. The van der Waals surface area contributed by atoms with Crippen LogP contribution in [-0.4, -0.2) is 64.4 Å². The number of carbonyl (C=O) groups is 1. The van der Waals surface area contributed by atoms with Crippen LogP contribution in [0.25, 0.3) is 0 Å². The summed E-state index contributed by atoms with van der Waals surface area (Å²) in [5.74, 6) is -0.603. The highest BCUT2D eigenvalue weighted by Gasteiger charge is 2.22. The molecule has 0 bridgehead atoms. The van der Waals surface area contributed by atoms with Gasteiger partial charge in [0, 0.05) is 26.2 Å². The van der Waals surface area contributed by atoms with Crippen molar-refractivity contribution in [3.05, 3.63) is 16.8 Å². The Labute approximate surface area is 124 Å². The molecule has 1 aliphatic heterocycles. The van der Waals surface area contributed by atoms with E-state index in [1.54, 1.807) is 0 Å². The Kier molecular flexibility index (Phi) is 5.08. The predicted octanol–water partition coefficient (Wildman–Crippen LogP) is 0.874. The van der Waals surface area contributed by atoms with Gasteiger partial charge in [0.15, 0.2) is 5.82 Å². The molecule has 0 aliphatic carbocycles. The normalized spacial score (nSPS) is 16.9. The zero-order chi connectivity index (χ0) is 15.4. The van der Waals surface area contributed by atoms with Gasteiger partial charge in [-0.25, -0.2) is 9.80 Å². The molecule has 2 N–H and O–H groups in total.